The van der Waals surface area contributed by atoms with Crippen LogP contribution >= 0.6 is 0 Å². The molecule has 0 atom stereocenters. The fourth-order valence-electron chi connectivity index (χ4n) is 2.62. The molecule has 0 amide bonds. The normalized spacial score (nSPS) is 16.9. The highest BCUT2D eigenvalue weighted by Gasteiger charge is 2.41. The molecule has 2 N–H and O–H groups in total. The average Bonchev–Trinajstić information content (AvgIpc) is 2.87. The molecule has 0 spiro atoms. The van der Waals surface area contributed by atoms with E-state index in [1.807, 2.05) is 0 Å². The lowest BCUT2D eigenvalue weighted by Gasteiger charge is -2.24. The first-order valence-corrected chi connectivity index (χ1v) is 6.53. The van der Waals surface area contributed by atoms with E-state index >= 15 is 0 Å². The van der Waals surface area contributed by atoms with E-state index in [9.17, 15) is 20.0 Å². The molecule has 1 aromatic rings. The number of hydrogen-bond donors (Lipinski definition) is 2. The molecule has 1 aliphatic carbocycles. The van der Waals surface area contributed by atoms with Gasteiger partial charge in [-0.15, -0.1) is 0 Å². The summed E-state index contributed by atoms with van der Waals surface area (Å²) in [7, 11) is 0. The molecule has 1 heterocycles. The summed E-state index contributed by atoms with van der Waals surface area (Å²) in [6, 6.07) is 1.43. The third-order valence-corrected chi connectivity index (χ3v) is 3.88. The molecule has 1 aliphatic rings. The van der Waals surface area contributed by atoms with Crippen LogP contribution in [0.3, 0.4) is 0 Å². The van der Waals surface area contributed by atoms with Crippen LogP contribution in [0.1, 0.15) is 31.2 Å². The van der Waals surface area contributed by atoms with Crippen LogP contribution in [-0.4, -0.2) is 27.5 Å². The van der Waals surface area contributed by atoms with Gasteiger partial charge in [-0.1, -0.05) is 12.8 Å². The number of carboxylic acid groups (broad SMARTS) is 1. The fraction of sp³-hybridized carbons (Fsp3) is 0.538. The van der Waals surface area contributed by atoms with E-state index < -0.39 is 16.3 Å². The highest BCUT2D eigenvalue weighted by Crippen LogP contribution is 2.38. The van der Waals surface area contributed by atoms with Gasteiger partial charge >= 0.3 is 5.97 Å². The number of nitro groups is 1. The van der Waals surface area contributed by atoms with Crippen LogP contribution in [0.4, 0.5) is 11.5 Å². The van der Waals surface area contributed by atoms with Crippen molar-refractivity contribution in [2.75, 3.05) is 11.9 Å². The van der Waals surface area contributed by atoms with Gasteiger partial charge in [-0.3, -0.25) is 14.9 Å². The van der Waals surface area contributed by atoms with Gasteiger partial charge in [-0.05, 0) is 25.3 Å². The summed E-state index contributed by atoms with van der Waals surface area (Å²) in [5, 5.41) is 23.0. The molecule has 0 aromatic carbocycles. The number of nitrogens with one attached hydrogen (secondary N) is 1. The van der Waals surface area contributed by atoms with Gasteiger partial charge in [0.05, 0.1) is 10.3 Å². The van der Waals surface area contributed by atoms with Gasteiger partial charge in [0.15, 0.2) is 0 Å². The molecule has 1 aromatic heterocycles. The van der Waals surface area contributed by atoms with E-state index in [1.54, 1.807) is 6.92 Å². The lowest BCUT2D eigenvalue weighted by molar-refractivity contribution is -0.385. The fourth-order valence-corrected chi connectivity index (χ4v) is 2.62. The molecule has 7 nitrogen and oxygen atoms in total. The van der Waals surface area contributed by atoms with Crippen LogP contribution in [0.2, 0.25) is 0 Å². The lowest BCUT2D eigenvalue weighted by atomic mass is 9.86. The number of carboxylic acids is 1. The van der Waals surface area contributed by atoms with Crippen LogP contribution in [0, 0.1) is 22.5 Å². The van der Waals surface area contributed by atoms with Crippen LogP contribution in [-0.2, 0) is 4.79 Å². The third kappa shape index (κ3) is 2.71. The first-order chi connectivity index (χ1) is 9.44. The second kappa shape index (κ2) is 5.44. The second-order valence-electron chi connectivity index (χ2n) is 5.26. The minimum Gasteiger partial charge on any atom is -0.481 e. The Morgan fingerprint density at radius 2 is 2.20 bits per heavy atom. The maximum Gasteiger partial charge on any atom is 0.311 e. The number of carbonyl (C=O) groups is 1. The Balaban J connectivity index is 2.10. The van der Waals surface area contributed by atoms with Crippen LogP contribution < -0.4 is 5.32 Å². The van der Waals surface area contributed by atoms with Gasteiger partial charge in [0.25, 0.3) is 5.69 Å². The van der Waals surface area contributed by atoms with Crippen molar-refractivity contribution in [2.45, 2.75) is 32.6 Å². The van der Waals surface area contributed by atoms with Crippen molar-refractivity contribution < 1.29 is 14.8 Å². The number of hydrogen-bond acceptors (Lipinski definition) is 5. The number of anilines is 1. The lowest BCUT2D eigenvalue weighted by Crippen LogP contribution is -2.35. The highest BCUT2D eigenvalue weighted by atomic mass is 16.6. The molecule has 1 fully saturated rings. The Morgan fingerprint density at radius 3 is 2.70 bits per heavy atom. The smallest absolute Gasteiger partial charge is 0.311 e. The molecule has 7 heteroatoms. The number of pyridine rings is 1. The molecule has 0 bridgehead atoms. The van der Waals surface area contributed by atoms with Crippen molar-refractivity contribution in [2.24, 2.45) is 5.41 Å². The van der Waals surface area contributed by atoms with E-state index in [-0.39, 0.29) is 5.69 Å². The van der Waals surface area contributed by atoms with Crippen molar-refractivity contribution in [1.29, 1.82) is 0 Å². The maximum absolute atomic E-state index is 11.4. The summed E-state index contributed by atoms with van der Waals surface area (Å²) in [5.41, 5.74) is -0.171. The number of nitrogens with zero attached hydrogens (tertiary/aromatic N) is 2. The summed E-state index contributed by atoms with van der Waals surface area (Å²) < 4.78 is 0. The molecule has 2 rings (SSSR count). The first kappa shape index (κ1) is 14.2. The Bertz CT molecular complexity index is 538. The van der Waals surface area contributed by atoms with E-state index in [4.69, 9.17) is 0 Å². The Kier molecular flexibility index (Phi) is 3.87. The Morgan fingerprint density at radius 1 is 1.55 bits per heavy atom. The summed E-state index contributed by atoms with van der Waals surface area (Å²) >= 11 is 0. The van der Waals surface area contributed by atoms with Crippen molar-refractivity contribution in [1.82, 2.24) is 4.98 Å². The molecule has 108 valence electrons. The quantitative estimate of drug-likeness (QED) is 0.633. The number of aromatic nitrogens is 1. The minimum atomic E-state index is -0.790. The van der Waals surface area contributed by atoms with Crippen molar-refractivity contribution >= 4 is 17.5 Å². The van der Waals surface area contributed by atoms with E-state index in [1.165, 1.54) is 12.3 Å². The van der Waals surface area contributed by atoms with Crippen molar-refractivity contribution in [3.63, 3.8) is 0 Å². The monoisotopic (exact) mass is 279 g/mol. The summed E-state index contributed by atoms with van der Waals surface area (Å²) in [6.07, 6.45) is 4.32. The molecule has 0 radical (unpaired) electrons. The zero-order chi connectivity index (χ0) is 14.8. The van der Waals surface area contributed by atoms with E-state index in [2.05, 4.69) is 10.3 Å². The molecule has 20 heavy (non-hydrogen) atoms. The first-order valence-electron chi connectivity index (χ1n) is 6.53. The largest absolute Gasteiger partial charge is 0.481 e. The number of aliphatic carboxylic acids is 1. The zero-order valence-corrected chi connectivity index (χ0v) is 11.3. The summed E-state index contributed by atoms with van der Waals surface area (Å²) in [6.45, 7) is 2.01. The van der Waals surface area contributed by atoms with Gasteiger partial charge in [0.1, 0.15) is 12.0 Å². The molecule has 0 aliphatic heterocycles. The zero-order valence-electron chi connectivity index (χ0n) is 11.3. The van der Waals surface area contributed by atoms with Gasteiger partial charge in [0, 0.05) is 12.6 Å². The van der Waals surface area contributed by atoms with Gasteiger partial charge in [0.2, 0.25) is 0 Å². The van der Waals surface area contributed by atoms with E-state index in [0.717, 1.165) is 12.8 Å². The van der Waals surface area contributed by atoms with Crippen LogP contribution in [0.25, 0.3) is 0 Å². The number of rotatable bonds is 5. The molecular formula is C13H17N3O4. The molecular weight excluding hydrogens is 262 g/mol. The van der Waals surface area contributed by atoms with Gasteiger partial charge in [-0.25, -0.2) is 4.98 Å². The molecule has 0 unspecified atom stereocenters. The minimum absolute atomic E-state index is 0.0677. The Hall–Kier alpha value is -2.18. The highest BCUT2D eigenvalue weighted by molar-refractivity contribution is 5.76. The predicted octanol–water partition coefficient (Wildman–Crippen LogP) is 2.36. The second-order valence-corrected chi connectivity index (χ2v) is 5.26. The summed E-state index contributed by atoms with van der Waals surface area (Å²) in [4.78, 5) is 25.6. The maximum atomic E-state index is 11.4. The third-order valence-electron chi connectivity index (χ3n) is 3.88. The van der Waals surface area contributed by atoms with Crippen molar-refractivity contribution in [3.05, 3.63) is 27.9 Å². The average molecular weight is 279 g/mol. The van der Waals surface area contributed by atoms with Gasteiger partial charge in [-0.2, -0.15) is 0 Å². The topological polar surface area (TPSA) is 105 Å². The van der Waals surface area contributed by atoms with Gasteiger partial charge < -0.3 is 10.4 Å². The molecule has 1 saturated carbocycles. The SMILES string of the molecule is Cc1cc([N+](=O)[O-])cnc1NCC1(C(=O)O)CCCC1. The predicted molar refractivity (Wildman–Crippen MR) is 72.7 cm³/mol. The van der Waals surface area contributed by atoms with Crippen LogP contribution in [0.15, 0.2) is 12.3 Å². The standard InChI is InChI=1S/C13H17N3O4/c1-9-6-10(16(19)20)7-14-11(9)15-8-13(12(17)18)4-2-3-5-13/h6-7H,2-5,8H2,1H3,(H,14,15)(H,17,18). The number of aryl methyl sites for hydroxylation is 1. The van der Waals surface area contributed by atoms with Crippen LogP contribution in [0.5, 0.6) is 0 Å². The Labute approximate surface area is 116 Å². The summed E-state index contributed by atoms with van der Waals surface area (Å²) in [5.74, 6) is -0.287. The van der Waals surface area contributed by atoms with Crippen molar-refractivity contribution in [3.8, 4) is 0 Å². The van der Waals surface area contributed by atoms with E-state index in [0.29, 0.717) is 30.8 Å². The molecule has 0 saturated heterocycles.